The van der Waals surface area contributed by atoms with Crippen LogP contribution in [0.25, 0.3) is 0 Å². The van der Waals surface area contributed by atoms with Gasteiger partial charge in [0.25, 0.3) is 0 Å². The molecular formula is C10H22N2O. The van der Waals surface area contributed by atoms with Gasteiger partial charge in [-0.2, -0.15) is 0 Å². The number of ether oxygens (including phenoxy) is 1. The molecule has 1 aliphatic rings. The Morgan fingerprint density at radius 2 is 2.23 bits per heavy atom. The molecular weight excluding hydrogens is 164 g/mol. The summed E-state index contributed by atoms with van der Waals surface area (Å²) in [7, 11) is 0. The molecule has 0 aromatic rings. The summed E-state index contributed by atoms with van der Waals surface area (Å²) in [5, 5.41) is 2.21. The van der Waals surface area contributed by atoms with E-state index in [-0.39, 0.29) is 0 Å². The van der Waals surface area contributed by atoms with Crippen LogP contribution in [0.15, 0.2) is 0 Å². The molecule has 0 bridgehead atoms. The maximum Gasteiger partial charge on any atom is 0.122 e. The van der Waals surface area contributed by atoms with Gasteiger partial charge >= 0.3 is 0 Å². The van der Waals surface area contributed by atoms with Crippen molar-refractivity contribution in [2.75, 3.05) is 13.2 Å². The average molecular weight is 186 g/mol. The molecule has 0 amide bonds. The molecule has 1 unspecified atom stereocenters. The molecule has 0 radical (unpaired) electrons. The van der Waals surface area contributed by atoms with Crippen molar-refractivity contribution in [3.63, 3.8) is 0 Å². The van der Waals surface area contributed by atoms with Gasteiger partial charge in [-0.15, -0.1) is 0 Å². The van der Waals surface area contributed by atoms with Crippen LogP contribution in [0.5, 0.6) is 0 Å². The molecule has 0 saturated carbocycles. The van der Waals surface area contributed by atoms with Crippen LogP contribution in [-0.4, -0.2) is 30.4 Å². The largest absolute Gasteiger partial charge is 0.362 e. The molecule has 1 heterocycles. The fraction of sp³-hybridized carbons (Fsp3) is 1.00. The Bertz CT molecular complexity index is 133. The van der Waals surface area contributed by atoms with Gasteiger partial charge in [0.1, 0.15) is 6.23 Å². The Kier molecular flexibility index (Phi) is 4.70. The summed E-state index contributed by atoms with van der Waals surface area (Å²) in [6, 6.07) is 0.491. The van der Waals surface area contributed by atoms with E-state index in [0.29, 0.717) is 12.3 Å². The lowest BCUT2D eigenvalue weighted by atomic mass is 10.2. The maximum absolute atomic E-state index is 5.70. The van der Waals surface area contributed by atoms with E-state index in [1.807, 2.05) is 0 Å². The van der Waals surface area contributed by atoms with Crippen LogP contribution in [-0.2, 0) is 4.74 Å². The number of nitrogens with zero attached hydrogens (tertiary/aromatic N) is 1. The van der Waals surface area contributed by atoms with E-state index in [9.17, 15) is 0 Å². The third kappa shape index (κ3) is 3.63. The molecule has 78 valence electrons. The number of hydrogen-bond donors (Lipinski definition) is 1. The standard InChI is InChI=1S/C10H22N2O/c1-4-12(11-9(2)3)10-7-5-6-8-13-10/h9-11H,4-8H2,1-3H3. The number of hydrazine groups is 1. The summed E-state index contributed by atoms with van der Waals surface area (Å²) in [5.41, 5.74) is 3.41. The normalized spacial score (nSPS) is 24.2. The lowest BCUT2D eigenvalue weighted by Crippen LogP contribution is -2.50. The minimum absolute atomic E-state index is 0.293. The van der Waals surface area contributed by atoms with Crippen LogP contribution in [0.3, 0.4) is 0 Å². The SMILES string of the molecule is CCN(NC(C)C)C1CCCCO1. The highest BCUT2D eigenvalue weighted by atomic mass is 16.5. The van der Waals surface area contributed by atoms with Crippen molar-refractivity contribution in [2.24, 2.45) is 0 Å². The lowest BCUT2D eigenvalue weighted by Gasteiger charge is -2.34. The molecule has 1 rings (SSSR count). The van der Waals surface area contributed by atoms with Crippen LogP contribution in [0.1, 0.15) is 40.0 Å². The highest BCUT2D eigenvalue weighted by molar-refractivity contribution is 4.64. The summed E-state index contributed by atoms with van der Waals surface area (Å²) in [5.74, 6) is 0. The molecule has 1 N–H and O–H groups in total. The third-order valence-corrected chi connectivity index (χ3v) is 2.27. The maximum atomic E-state index is 5.70. The number of hydrogen-bond acceptors (Lipinski definition) is 3. The van der Waals surface area contributed by atoms with Crippen molar-refractivity contribution in [1.29, 1.82) is 0 Å². The fourth-order valence-corrected chi connectivity index (χ4v) is 1.68. The topological polar surface area (TPSA) is 24.5 Å². The summed E-state index contributed by atoms with van der Waals surface area (Å²) >= 11 is 0. The molecule has 1 saturated heterocycles. The van der Waals surface area contributed by atoms with Crippen LogP contribution in [0.4, 0.5) is 0 Å². The molecule has 3 heteroatoms. The molecule has 13 heavy (non-hydrogen) atoms. The highest BCUT2D eigenvalue weighted by Gasteiger charge is 2.20. The van der Waals surface area contributed by atoms with Gasteiger partial charge in [0, 0.05) is 19.2 Å². The van der Waals surface area contributed by atoms with E-state index in [1.165, 1.54) is 12.8 Å². The van der Waals surface area contributed by atoms with Crippen molar-refractivity contribution in [3.05, 3.63) is 0 Å². The molecule has 0 spiro atoms. The molecule has 0 aromatic carbocycles. The van der Waals surface area contributed by atoms with Crippen LogP contribution in [0.2, 0.25) is 0 Å². The zero-order valence-corrected chi connectivity index (χ0v) is 9.05. The van der Waals surface area contributed by atoms with E-state index in [1.54, 1.807) is 0 Å². The molecule has 3 nitrogen and oxygen atoms in total. The first-order chi connectivity index (χ1) is 6.24. The second-order valence-corrected chi connectivity index (χ2v) is 3.89. The van der Waals surface area contributed by atoms with Crippen molar-refractivity contribution < 1.29 is 4.74 Å². The number of nitrogens with one attached hydrogen (secondary N) is 1. The molecule has 0 aromatic heterocycles. The van der Waals surface area contributed by atoms with Gasteiger partial charge < -0.3 is 4.74 Å². The van der Waals surface area contributed by atoms with Gasteiger partial charge in [-0.25, -0.2) is 5.01 Å². The van der Waals surface area contributed by atoms with Crippen molar-refractivity contribution in [3.8, 4) is 0 Å². The molecule has 1 fully saturated rings. The second-order valence-electron chi connectivity index (χ2n) is 3.89. The average Bonchev–Trinajstić information content (AvgIpc) is 2.15. The quantitative estimate of drug-likeness (QED) is 0.677. The Hall–Kier alpha value is -0.120. The van der Waals surface area contributed by atoms with Gasteiger partial charge in [0.2, 0.25) is 0 Å². The first-order valence-electron chi connectivity index (χ1n) is 5.38. The fourth-order valence-electron chi connectivity index (χ4n) is 1.68. The first-order valence-corrected chi connectivity index (χ1v) is 5.38. The van der Waals surface area contributed by atoms with Gasteiger partial charge in [0.15, 0.2) is 0 Å². The van der Waals surface area contributed by atoms with Crippen LogP contribution in [0, 0.1) is 0 Å². The first kappa shape index (κ1) is 11.0. The smallest absolute Gasteiger partial charge is 0.122 e. The van der Waals surface area contributed by atoms with Crippen molar-refractivity contribution in [2.45, 2.75) is 52.3 Å². The predicted octanol–water partition coefficient (Wildman–Crippen LogP) is 1.75. The third-order valence-electron chi connectivity index (χ3n) is 2.27. The van der Waals surface area contributed by atoms with Crippen LogP contribution >= 0.6 is 0 Å². The van der Waals surface area contributed by atoms with Gasteiger partial charge in [-0.1, -0.05) is 6.92 Å². The van der Waals surface area contributed by atoms with E-state index in [0.717, 1.165) is 19.6 Å². The predicted molar refractivity (Wildman–Crippen MR) is 54.2 cm³/mol. The zero-order chi connectivity index (χ0) is 9.68. The number of rotatable bonds is 4. The van der Waals surface area contributed by atoms with Crippen molar-refractivity contribution in [1.82, 2.24) is 10.4 Å². The Balaban J connectivity index is 2.34. The summed E-state index contributed by atoms with van der Waals surface area (Å²) in [4.78, 5) is 0. The highest BCUT2D eigenvalue weighted by Crippen LogP contribution is 2.15. The van der Waals surface area contributed by atoms with E-state index < -0.39 is 0 Å². The van der Waals surface area contributed by atoms with Gasteiger partial charge in [0.05, 0.1) is 0 Å². The minimum Gasteiger partial charge on any atom is -0.362 e. The molecule has 1 atom stereocenters. The lowest BCUT2D eigenvalue weighted by molar-refractivity contribution is -0.110. The Labute approximate surface area is 81.4 Å². The van der Waals surface area contributed by atoms with E-state index in [4.69, 9.17) is 4.74 Å². The van der Waals surface area contributed by atoms with Crippen molar-refractivity contribution >= 4 is 0 Å². The summed E-state index contributed by atoms with van der Waals surface area (Å²) < 4.78 is 5.70. The molecule has 1 aliphatic heterocycles. The second kappa shape index (κ2) is 5.58. The van der Waals surface area contributed by atoms with E-state index in [2.05, 4.69) is 31.2 Å². The monoisotopic (exact) mass is 186 g/mol. The van der Waals surface area contributed by atoms with Gasteiger partial charge in [-0.3, -0.25) is 5.43 Å². The minimum atomic E-state index is 0.293. The molecule has 0 aliphatic carbocycles. The van der Waals surface area contributed by atoms with Crippen LogP contribution < -0.4 is 5.43 Å². The summed E-state index contributed by atoms with van der Waals surface area (Å²) in [6.45, 7) is 8.40. The Morgan fingerprint density at radius 1 is 1.46 bits per heavy atom. The van der Waals surface area contributed by atoms with Gasteiger partial charge in [-0.05, 0) is 33.1 Å². The zero-order valence-electron chi connectivity index (χ0n) is 9.05. The van der Waals surface area contributed by atoms with E-state index >= 15 is 0 Å². The Morgan fingerprint density at radius 3 is 2.69 bits per heavy atom. The summed E-state index contributed by atoms with van der Waals surface area (Å²) in [6.07, 6.45) is 3.96.